The van der Waals surface area contributed by atoms with Gasteiger partial charge in [0.15, 0.2) is 11.6 Å². The molecule has 4 unspecified atom stereocenters. The molecule has 0 aromatic carbocycles. The SMILES string of the molecule is C#CC#CC#CCC(NC(=O)C(CC)CN)C(=O)CC(C)C(=O)NC(CC(=O)O)C(C)=O. The van der Waals surface area contributed by atoms with E-state index < -0.39 is 59.7 Å². The van der Waals surface area contributed by atoms with Crippen molar-refractivity contribution in [3.05, 3.63) is 0 Å². The van der Waals surface area contributed by atoms with Gasteiger partial charge in [-0.3, -0.25) is 24.0 Å². The van der Waals surface area contributed by atoms with E-state index in [9.17, 15) is 24.0 Å². The summed E-state index contributed by atoms with van der Waals surface area (Å²) in [6.45, 7) is 4.52. The fourth-order valence-corrected chi connectivity index (χ4v) is 2.58. The Balaban J connectivity index is 5.34. The number of nitrogens with two attached hydrogens (primary N) is 1. The third kappa shape index (κ3) is 11.0. The van der Waals surface area contributed by atoms with Crippen LogP contribution in [-0.2, 0) is 24.0 Å². The van der Waals surface area contributed by atoms with E-state index in [4.69, 9.17) is 17.3 Å². The molecule has 4 atom stereocenters. The lowest BCUT2D eigenvalue weighted by molar-refractivity contribution is -0.140. The number of hydrogen-bond acceptors (Lipinski definition) is 6. The molecule has 9 nitrogen and oxygen atoms in total. The summed E-state index contributed by atoms with van der Waals surface area (Å²) < 4.78 is 0. The molecule has 9 heteroatoms. The van der Waals surface area contributed by atoms with E-state index >= 15 is 0 Å². The number of carbonyl (C=O) groups excluding carboxylic acids is 4. The number of amides is 2. The van der Waals surface area contributed by atoms with Crippen molar-refractivity contribution >= 4 is 29.4 Å². The van der Waals surface area contributed by atoms with Crippen LogP contribution in [0.15, 0.2) is 0 Å². The number of carboxylic acid groups (broad SMARTS) is 1. The predicted octanol–water partition coefficient (Wildman–Crippen LogP) is -0.370. The zero-order valence-electron chi connectivity index (χ0n) is 18.5. The molecular weight excluding hydrogens is 414 g/mol. The first kappa shape index (κ1) is 28.4. The lowest BCUT2D eigenvalue weighted by atomic mass is 9.96. The van der Waals surface area contributed by atoms with Gasteiger partial charge in [0.1, 0.15) is 0 Å². The van der Waals surface area contributed by atoms with Crippen molar-refractivity contribution in [2.45, 2.75) is 58.5 Å². The smallest absolute Gasteiger partial charge is 0.305 e. The van der Waals surface area contributed by atoms with Gasteiger partial charge in [0.25, 0.3) is 0 Å². The summed E-state index contributed by atoms with van der Waals surface area (Å²) in [5.74, 6) is 7.33. The molecular formula is C23H29N3O6. The molecule has 5 N–H and O–H groups in total. The summed E-state index contributed by atoms with van der Waals surface area (Å²) in [5.41, 5.74) is 5.58. The topological polar surface area (TPSA) is 156 Å². The fraction of sp³-hybridized carbons (Fsp3) is 0.522. The van der Waals surface area contributed by atoms with E-state index in [1.54, 1.807) is 6.92 Å². The fourth-order valence-electron chi connectivity index (χ4n) is 2.58. The molecule has 0 aliphatic rings. The second-order valence-electron chi connectivity index (χ2n) is 7.14. The van der Waals surface area contributed by atoms with E-state index in [1.807, 2.05) is 0 Å². The Morgan fingerprint density at radius 2 is 1.62 bits per heavy atom. The number of Topliss-reactive ketones (excluding diaryl/α,β-unsaturated/α-hetero) is 2. The van der Waals surface area contributed by atoms with Crippen molar-refractivity contribution in [3.63, 3.8) is 0 Å². The van der Waals surface area contributed by atoms with Crippen LogP contribution >= 0.6 is 0 Å². The Bertz CT molecular complexity index is 877. The van der Waals surface area contributed by atoms with E-state index in [0.717, 1.165) is 0 Å². The minimum absolute atomic E-state index is 0.0474. The van der Waals surface area contributed by atoms with Crippen LogP contribution in [0.3, 0.4) is 0 Å². The van der Waals surface area contributed by atoms with Gasteiger partial charge in [-0.1, -0.05) is 19.8 Å². The largest absolute Gasteiger partial charge is 0.481 e. The van der Waals surface area contributed by atoms with Gasteiger partial charge in [0, 0.05) is 31.2 Å². The maximum absolute atomic E-state index is 12.8. The molecule has 0 spiro atoms. The molecule has 172 valence electrons. The van der Waals surface area contributed by atoms with Crippen LogP contribution in [-0.4, -0.2) is 53.1 Å². The number of carboxylic acids is 1. The highest BCUT2D eigenvalue weighted by Crippen LogP contribution is 2.10. The number of ketones is 2. The summed E-state index contributed by atoms with van der Waals surface area (Å²) in [4.78, 5) is 60.0. The molecule has 0 saturated heterocycles. The van der Waals surface area contributed by atoms with Gasteiger partial charge < -0.3 is 21.5 Å². The number of hydrogen-bond donors (Lipinski definition) is 4. The maximum Gasteiger partial charge on any atom is 0.305 e. The normalized spacial score (nSPS) is 13.3. The second-order valence-corrected chi connectivity index (χ2v) is 7.14. The highest BCUT2D eigenvalue weighted by atomic mass is 16.4. The van der Waals surface area contributed by atoms with Gasteiger partial charge in [-0.2, -0.15) is 0 Å². The van der Waals surface area contributed by atoms with Gasteiger partial charge in [0.2, 0.25) is 11.8 Å². The van der Waals surface area contributed by atoms with E-state index in [1.165, 1.54) is 13.8 Å². The third-order valence-corrected chi connectivity index (χ3v) is 4.59. The van der Waals surface area contributed by atoms with Crippen LogP contribution < -0.4 is 16.4 Å². The van der Waals surface area contributed by atoms with Gasteiger partial charge >= 0.3 is 5.97 Å². The number of carbonyl (C=O) groups is 5. The number of rotatable bonds is 13. The Morgan fingerprint density at radius 1 is 1.00 bits per heavy atom. The van der Waals surface area contributed by atoms with Crippen LogP contribution in [0.1, 0.15) is 46.5 Å². The van der Waals surface area contributed by atoms with Crippen molar-refractivity contribution in [2.24, 2.45) is 17.6 Å². The van der Waals surface area contributed by atoms with Gasteiger partial charge in [-0.25, -0.2) is 0 Å². The quantitative estimate of drug-likeness (QED) is 0.283. The van der Waals surface area contributed by atoms with Crippen LogP contribution in [0.5, 0.6) is 0 Å². The summed E-state index contributed by atoms with van der Waals surface area (Å²) in [7, 11) is 0. The van der Waals surface area contributed by atoms with E-state index in [-0.39, 0.29) is 19.4 Å². The molecule has 0 saturated carbocycles. The molecule has 0 fully saturated rings. The molecule has 0 aromatic heterocycles. The Morgan fingerprint density at radius 3 is 2.12 bits per heavy atom. The molecule has 0 rings (SSSR count). The molecule has 0 bridgehead atoms. The monoisotopic (exact) mass is 443 g/mol. The highest BCUT2D eigenvalue weighted by Gasteiger charge is 2.28. The number of aliphatic carboxylic acids is 1. The summed E-state index contributed by atoms with van der Waals surface area (Å²) in [6, 6.07) is -2.19. The molecule has 32 heavy (non-hydrogen) atoms. The first-order valence-corrected chi connectivity index (χ1v) is 10.1. The summed E-state index contributed by atoms with van der Waals surface area (Å²) >= 11 is 0. The average molecular weight is 444 g/mol. The Hall–Kier alpha value is -3.61. The summed E-state index contributed by atoms with van der Waals surface area (Å²) in [6.07, 6.45) is 4.62. The molecule has 0 aromatic rings. The van der Waals surface area contributed by atoms with Crippen LogP contribution in [0.4, 0.5) is 0 Å². The lowest BCUT2D eigenvalue weighted by Gasteiger charge is -2.21. The van der Waals surface area contributed by atoms with Crippen LogP contribution in [0, 0.1) is 47.9 Å². The molecule has 0 heterocycles. The minimum atomic E-state index is -1.24. The standard InChI is InChI=1S/C23H29N3O6/c1-5-7-8-9-10-11-18(25-23(32)17(6-2)14-24)20(28)12-15(3)22(31)26-19(16(4)27)13-21(29)30/h1,15,17-19H,6,11-14,24H2,2-4H3,(H,25,32)(H,26,31)(H,29,30). The van der Waals surface area contributed by atoms with Gasteiger partial charge in [-0.05, 0) is 37.0 Å². The van der Waals surface area contributed by atoms with Crippen molar-refractivity contribution in [1.82, 2.24) is 10.6 Å². The van der Waals surface area contributed by atoms with Crippen molar-refractivity contribution in [2.75, 3.05) is 6.54 Å². The van der Waals surface area contributed by atoms with E-state index in [2.05, 4.69) is 40.2 Å². The highest BCUT2D eigenvalue weighted by molar-refractivity contribution is 5.95. The van der Waals surface area contributed by atoms with Gasteiger partial charge in [0.05, 0.1) is 18.5 Å². The summed E-state index contributed by atoms with van der Waals surface area (Å²) in [5, 5.41) is 13.8. The van der Waals surface area contributed by atoms with Gasteiger partial charge in [-0.15, -0.1) is 6.42 Å². The number of terminal acetylenes is 1. The Labute approximate surface area is 188 Å². The maximum atomic E-state index is 12.8. The van der Waals surface area contributed by atoms with Crippen LogP contribution in [0.2, 0.25) is 0 Å². The first-order chi connectivity index (χ1) is 15.1. The average Bonchev–Trinajstić information content (AvgIpc) is 2.72. The first-order valence-electron chi connectivity index (χ1n) is 10.1. The Kier molecular flexibility index (Phi) is 13.5. The van der Waals surface area contributed by atoms with Crippen molar-refractivity contribution in [1.29, 1.82) is 0 Å². The minimum Gasteiger partial charge on any atom is -0.481 e. The van der Waals surface area contributed by atoms with Crippen molar-refractivity contribution in [3.8, 4) is 36.0 Å². The lowest BCUT2D eigenvalue weighted by Crippen LogP contribution is -2.47. The zero-order valence-corrected chi connectivity index (χ0v) is 18.5. The zero-order chi connectivity index (χ0) is 24.7. The van der Waals surface area contributed by atoms with Crippen molar-refractivity contribution < 1.29 is 29.1 Å². The predicted molar refractivity (Wildman–Crippen MR) is 117 cm³/mol. The molecule has 0 radical (unpaired) electrons. The second kappa shape index (κ2) is 15.2. The third-order valence-electron chi connectivity index (χ3n) is 4.59. The van der Waals surface area contributed by atoms with Crippen LogP contribution in [0.25, 0.3) is 0 Å². The van der Waals surface area contributed by atoms with E-state index in [0.29, 0.717) is 6.42 Å². The molecule has 0 aliphatic heterocycles. The molecule has 0 aliphatic carbocycles. The number of nitrogens with one attached hydrogen (secondary N) is 2. The molecule has 2 amide bonds.